The van der Waals surface area contributed by atoms with Crippen LogP contribution in [0, 0.1) is 23.2 Å². The van der Waals surface area contributed by atoms with Gasteiger partial charge in [0.1, 0.15) is 0 Å². The van der Waals surface area contributed by atoms with Crippen molar-refractivity contribution >= 4 is 27.9 Å². The molecule has 0 fully saturated rings. The Morgan fingerprint density at radius 3 is 2.51 bits per heavy atom. The van der Waals surface area contributed by atoms with Gasteiger partial charge in [0.2, 0.25) is 5.95 Å². The summed E-state index contributed by atoms with van der Waals surface area (Å²) in [6, 6.07) is 13.1. The van der Waals surface area contributed by atoms with Crippen LogP contribution in [-0.2, 0) is 20.1 Å². The zero-order valence-electron chi connectivity index (χ0n) is 20.2. The second-order valence-electron chi connectivity index (χ2n) is 8.62. The van der Waals surface area contributed by atoms with Crippen molar-refractivity contribution in [2.45, 2.75) is 33.0 Å². The maximum atomic E-state index is 13.8. The average Bonchev–Trinajstić information content (AvgIpc) is 3.23. The van der Waals surface area contributed by atoms with Gasteiger partial charge in [-0.15, -0.1) is 5.92 Å². The molecule has 9 heteroatoms. The lowest BCUT2D eigenvalue weighted by atomic mass is 10.00. The monoisotopic (exact) mass is 469 g/mol. The minimum Gasteiger partial charge on any atom is -0.344 e. The van der Waals surface area contributed by atoms with Crippen LogP contribution in [0.25, 0.3) is 21.9 Å². The van der Waals surface area contributed by atoms with E-state index in [1.54, 1.807) is 30.7 Å². The van der Waals surface area contributed by atoms with Crippen molar-refractivity contribution in [3.8, 4) is 17.9 Å². The molecule has 0 aliphatic carbocycles. The molecule has 178 valence electrons. The lowest BCUT2D eigenvalue weighted by molar-refractivity contribution is 0.655. The third kappa shape index (κ3) is 4.18. The van der Waals surface area contributed by atoms with Crippen LogP contribution in [0.5, 0.6) is 0 Å². The Kier molecular flexibility index (Phi) is 6.46. The summed E-state index contributed by atoms with van der Waals surface area (Å²) in [5.41, 5.74) is 6.99. The molecule has 0 amide bonds. The standard InChI is InChI=1S/C26H27N7O2/c1-5-6-13-32-22-23(29-25(32)30(3)15-17(2)28)31(4)26(35)33(24(22)34)16-19-12-11-18(14-27)20-9-7-8-10-21(19)20/h7-12,17H,13,15-16,28H2,1-4H3. The average molecular weight is 470 g/mol. The number of anilines is 1. The zero-order chi connectivity index (χ0) is 25.3. The van der Waals surface area contributed by atoms with E-state index in [-0.39, 0.29) is 19.1 Å². The summed E-state index contributed by atoms with van der Waals surface area (Å²) >= 11 is 0. The molecule has 0 aliphatic rings. The van der Waals surface area contributed by atoms with Crippen molar-refractivity contribution in [2.75, 3.05) is 18.5 Å². The molecule has 0 aliphatic heterocycles. The lowest BCUT2D eigenvalue weighted by Gasteiger charge is -2.20. The van der Waals surface area contributed by atoms with E-state index in [1.165, 1.54) is 9.13 Å². The summed E-state index contributed by atoms with van der Waals surface area (Å²) in [6.07, 6.45) is 0. The van der Waals surface area contributed by atoms with Crippen molar-refractivity contribution < 1.29 is 0 Å². The summed E-state index contributed by atoms with van der Waals surface area (Å²) in [5, 5.41) is 11.1. The molecule has 2 N–H and O–H groups in total. The van der Waals surface area contributed by atoms with E-state index in [1.807, 2.05) is 43.1 Å². The van der Waals surface area contributed by atoms with Gasteiger partial charge >= 0.3 is 5.69 Å². The lowest BCUT2D eigenvalue weighted by Crippen LogP contribution is -2.40. The first-order valence-electron chi connectivity index (χ1n) is 11.3. The highest BCUT2D eigenvalue weighted by molar-refractivity contribution is 5.90. The molecule has 2 aromatic carbocycles. The topological polar surface area (TPSA) is 115 Å². The summed E-state index contributed by atoms with van der Waals surface area (Å²) < 4.78 is 4.34. The minimum absolute atomic E-state index is 0.0588. The molecular weight excluding hydrogens is 442 g/mol. The highest BCUT2D eigenvalue weighted by Crippen LogP contribution is 2.23. The molecule has 1 atom stereocenters. The normalized spacial score (nSPS) is 11.8. The molecule has 4 rings (SSSR count). The van der Waals surface area contributed by atoms with E-state index < -0.39 is 11.2 Å². The third-order valence-corrected chi connectivity index (χ3v) is 5.99. The first-order valence-corrected chi connectivity index (χ1v) is 11.3. The van der Waals surface area contributed by atoms with E-state index in [2.05, 4.69) is 22.9 Å². The smallest absolute Gasteiger partial charge is 0.332 e. The SMILES string of the molecule is CC#CCn1c(N(C)CC(C)N)nc2c1c(=O)n(Cc1ccc(C#N)c3ccccc13)c(=O)n2C. The number of imidazole rings is 1. The summed E-state index contributed by atoms with van der Waals surface area (Å²) in [7, 11) is 3.45. The maximum absolute atomic E-state index is 13.8. The summed E-state index contributed by atoms with van der Waals surface area (Å²) in [4.78, 5) is 33.6. The fraction of sp³-hybridized carbons (Fsp3) is 0.308. The summed E-state index contributed by atoms with van der Waals surface area (Å²) in [5.74, 6) is 6.39. The molecular formula is C26H27N7O2. The second kappa shape index (κ2) is 9.49. The highest BCUT2D eigenvalue weighted by atomic mass is 16.2. The van der Waals surface area contributed by atoms with Gasteiger partial charge in [-0.3, -0.25) is 18.5 Å². The summed E-state index contributed by atoms with van der Waals surface area (Å²) in [6.45, 7) is 4.44. The van der Waals surface area contributed by atoms with Gasteiger partial charge in [0.25, 0.3) is 5.56 Å². The van der Waals surface area contributed by atoms with E-state index >= 15 is 0 Å². The number of nitrogens with zero attached hydrogens (tertiary/aromatic N) is 6. The Labute approximate surface area is 202 Å². The van der Waals surface area contributed by atoms with Crippen LogP contribution >= 0.6 is 0 Å². The van der Waals surface area contributed by atoms with Crippen LogP contribution in [0.4, 0.5) is 5.95 Å². The van der Waals surface area contributed by atoms with Crippen LogP contribution < -0.4 is 21.9 Å². The third-order valence-electron chi connectivity index (χ3n) is 5.99. The Balaban J connectivity index is 1.97. The van der Waals surface area contributed by atoms with Gasteiger partial charge in [-0.25, -0.2) is 4.79 Å². The number of aromatic nitrogens is 4. The minimum atomic E-state index is -0.469. The van der Waals surface area contributed by atoms with Gasteiger partial charge in [0.15, 0.2) is 11.2 Å². The number of hydrogen-bond acceptors (Lipinski definition) is 6. The van der Waals surface area contributed by atoms with Crippen molar-refractivity contribution in [1.29, 1.82) is 5.26 Å². The molecule has 0 saturated heterocycles. The van der Waals surface area contributed by atoms with E-state index in [9.17, 15) is 14.9 Å². The first-order chi connectivity index (χ1) is 16.8. The first kappa shape index (κ1) is 23.8. The number of hydrogen-bond donors (Lipinski definition) is 1. The van der Waals surface area contributed by atoms with Gasteiger partial charge in [0.05, 0.1) is 24.7 Å². The van der Waals surface area contributed by atoms with Gasteiger partial charge in [-0.05, 0) is 36.2 Å². The van der Waals surface area contributed by atoms with Gasteiger partial charge in [0, 0.05) is 26.7 Å². The number of nitrogens with two attached hydrogens (primary N) is 1. The number of aryl methyl sites for hydroxylation is 1. The second-order valence-corrected chi connectivity index (χ2v) is 8.62. The molecule has 0 saturated carbocycles. The van der Waals surface area contributed by atoms with Gasteiger partial charge in [-0.1, -0.05) is 36.3 Å². The van der Waals surface area contributed by atoms with Crippen LogP contribution in [0.1, 0.15) is 25.0 Å². The Bertz CT molecular complexity index is 1660. The number of rotatable bonds is 6. The van der Waals surface area contributed by atoms with E-state index in [0.29, 0.717) is 29.2 Å². The quantitative estimate of drug-likeness (QED) is 0.431. The molecule has 0 radical (unpaired) electrons. The number of fused-ring (bicyclic) bond motifs is 2. The largest absolute Gasteiger partial charge is 0.344 e. The Morgan fingerprint density at radius 1 is 1.14 bits per heavy atom. The number of likely N-dealkylation sites (N-methyl/N-ethyl adjacent to an activating group) is 1. The predicted molar refractivity (Wildman–Crippen MR) is 137 cm³/mol. The molecule has 2 aromatic heterocycles. The molecule has 4 aromatic rings. The van der Waals surface area contributed by atoms with E-state index in [4.69, 9.17) is 5.73 Å². The van der Waals surface area contributed by atoms with Gasteiger partial charge in [-0.2, -0.15) is 10.2 Å². The molecule has 0 bridgehead atoms. The van der Waals surface area contributed by atoms with Crippen molar-refractivity contribution in [2.24, 2.45) is 12.8 Å². The molecule has 0 spiro atoms. The predicted octanol–water partition coefficient (Wildman–Crippen LogP) is 1.78. The van der Waals surface area contributed by atoms with Crippen molar-refractivity contribution in [3.05, 3.63) is 68.4 Å². The molecule has 9 nitrogen and oxygen atoms in total. The van der Waals surface area contributed by atoms with E-state index in [0.717, 1.165) is 16.3 Å². The number of nitriles is 1. The maximum Gasteiger partial charge on any atom is 0.332 e. The van der Waals surface area contributed by atoms with Crippen LogP contribution in [0.15, 0.2) is 46.0 Å². The molecule has 1 unspecified atom stereocenters. The Morgan fingerprint density at radius 2 is 1.86 bits per heavy atom. The van der Waals surface area contributed by atoms with Gasteiger partial charge < -0.3 is 10.6 Å². The van der Waals surface area contributed by atoms with Crippen LogP contribution in [0.2, 0.25) is 0 Å². The highest BCUT2D eigenvalue weighted by Gasteiger charge is 2.22. The fourth-order valence-electron chi connectivity index (χ4n) is 4.38. The zero-order valence-corrected chi connectivity index (χ0v) is 20.2. The number of benzene rings is 2. The van der Waals surface area contributed by atoms with Crippen LogP contribution in [-0.4, -0.2) is 38.3 Å². The molecule has 35 heavy (non-hydrogen) atoms. The Hall–Kier alpha value is -4.34. The molecule has 2 heterocycles. The van der Waals surface area contributed by atoms with Crippen molar-refractivity contribution in [1.82, 2.24) is 18.7 Å². The fourth-order valence-corrected chi connectivity index (χ4v) is 4.38. The van der Waals surface area contributed by atoms with Crippen LogP contribution in [0.3, 0.4) is 0 Å². The van der Waals surface area contributed by atoms with Crippen molar-refractivity contribution in [3.63, 3.8) is 0 Å².